The largest absolute Gasteiger partial charge is 0.352 e. The predicted octanol–water partition coefficient (Wildman–Crippen LogP) is 5.19. The average Bonchev–Trinajstić information content (AvgIpc) is 3.33. The molecule has 1 aliphatic heterocycles. The topological polar surface area (TPSA) is 73.8 Å². The summed E-state index contributed by atoms with van der Waals surface area (Å²) in [6.07, 6.45) is 3.77. The van der Waals surface area contributed by atoms with Crippen molar-refractivity contribution in [3.8, 4) is 11.4 Å². The molecule has 0 amide bonds. The molecule has 182 valence electrons. The molecule has 4 heterocycles. The van der Waals surface area contributed by atoms with Gasteiger partial charge in [0.1, 0.15) is 11.3 Å². The molecule has 7 heteroatoms. The quantitative estimate of drug-likeness (QED) is 0.384. The van der Waals surface area contributed by atoms with E-state index in [9.17, 15) is 0 Å². The fourth-order valence-corrected chi connectivity index (χ4v) is 4.84. The van der Waals surface area contributed by atoms with Gasteiger partial charge in [0.25, 0.3) is 0 Å². The lowest BCUT2D eigenvalue weighted by atomic mass is 9.87. The number of H-pyrrole nitrogens is 1. The molecule has 1 N–H and O–H groups in total. The number of hydrogen-bond acceptors (Lipinski definition) is 6. The van der Waals surface area contributed by atoms with E-state index in [0.29, 0.717) is 0 Å². The van der Waals surface area contributed by atoms with Crippen LogP contribution < -0.4 is 4.90 Å². The molecule has 5 aromatic rings. The summed E-state index contributed by atoms with van der Waals surface area (Å²) >= 11 is 0. The molecule has 7 nitrogen and oxygen atoms in total. The van der Waals surface area contributed by atoms with Crippen LogP contribution in [0.5, 0.6) is 0 Å². The van der Waals surface area contributed by atoms with Gasteiger partial charge in [-0.3, -0.25) is 9.88 Å². The Morgan fingerprint density at radius 1 is 0.833 bits per heavy atom. The summed E-state index contributed by atoms with van der Waals surface area (Å²) in [7, 11) is 0. The second kappa shape index (κ2) is 8.99. The third-order valence-electron chi connectivity index (χ3n) is 6.96. The smallest absolute Gasteiger partial charge is 0.156 e. The molecule has 0 aliphatic carbocycles. The van der Waals surface area contributed by atoms with Crippen LogP contribution in [0.1, 0.15) is 32.0 Å². The molecule has 2 aromatic carbocycles. The van der Waals surface area contributed by atoms with E-state index in [1.54, 1.807) is 0 Å². The maximum absolute atomic E-state index is 4.97. The van der Waals surface area contributed by atoms with Gasteiger partial charge >= 0.3 is 0 Å². The second-order valence-electron chi connectivity index (χ2n) is 10.6. The molecule has 0 unspecified atom stereocenters. The summed E-state index contributed by atoms with van der Waals surface area (Å²) in [5.74, 6) is 1.83. The molecule has 0 spiro atoms. The highest BCUT2D eigenvalue weighted by molar-refractivity contribution is 5.88. The minimum atomic E-state index is 0.131. The number of piperazine rings is 1. The number of pyridine rings is 1. The molecule has 0 atom stereocenters. The van der Waals surface area contributed by atoms with Gasteiger partial charge in [-0.25, -0.2) is 15.0 Å². The molecular formula is C29H31N7. The molecule has 6 rings (SSSR count). The first-order valence-corrected chi connectivity index (χ1v) is 12.6. The molecule has 0 radical (unpaired) electrons. The van der Waals surface area contributed by atoms with Crippen LogP contribution in [0.15, 0.2) is 67.0 Å². The van der Waals surface area contributed by atoms with Gasteiger partial charge in [-0.1, -0.05) is 57.2 Å². The third kappa shape index (κ3) is 4.42. The maximum atomic E-state index is 4.97. The Kier molecular flexibility index (Phi) is 5.64. The number of fused-ring (bicyclic) bond motifs is 2. The molecule has 1 saturated heterocycles. The SMILES string of the molecule is CC(C)(C)c1ccc(-c2nc3c(N4CCN(Cc5cnc6ccccc6n5)CC4)nccc3[nH]2)cc1. The fraction of sp³-hybridized carbons (Fsp3) is 0.310. The monoisotopic (exact) mass is 477 g/mol. The van der Waals surface area contributed by atoms with E-state index < -0.39 is 0 Å². The van der Waals surface area contributed by atoms with Gasteiger partial charge < -0.3 is 9.88 Å². The molecule has 1 fully saturated rings. The first kappa shape index (κ1) is 22.6. The zero-order chi connectivity index (χ0) is 24.7. The molecule has 0 bridgehead atoms. The molecule has 3 aromatic heterocycles. The van der Waals surface area contributed by atoms with E-state index in [1.807, 2.05) is 42.7 Å². The molecule has 1 aliphatic rings. The molecular weight excluding hydrogens is 446 g/mol. The van der Waals surface area contributed by atoms with E-state index >= 15 is 0 Å². The van der Waals surface area contributed by atoms with E-state index in [4.69, 9.17) is 15.0 Å². The number of rotatable bonds is 4. The predicted molar refractivity (Wildman–Crippen MR) is 145 cm³/mol. The van der Waals surface area contributed by atoms with Crippen LogP contribution in [-0.2, 0) is 12.0 Å². The number of imidazole rings is 1. The Morgan fingerprint density at radius 2 is 1.58 bits per heavy atom. The highest BCUT2D eigenvalue weighted by Crippen LogP contribution is 2.29. The van der Waals surface area contributed by atoms with Crippen LogP contribution in [0.3, 0.4) is 0 Å². The number of anilines is 1. The zero-order valence-electron chi connectivity index (χ0n) is 21.1. The number of nitrogens with one attached hydrogen (secondary N) is 1. The number of nitrogens with zero attached hydrogens (tertiary/aromatic N) is 6. The summed E-state index contributed by atoms with van der Waals surface area (Å²) in [5.41, 5.74) is 7.39. The lowest BCUT2D eigenvalue weighted by Crippen LogP contribution is -2.46. The van der Waals surface area contributed by atoms with Crippen molar-refractivity contribution in [2.75, 3.05) is 31.1 Å². The Bertz CT molecular complexity index is 1510. The van der Waals surface area contributed by atoms with Gasteiger partial charge in [-0.05, 0) is 29.2 Å². The van der Waals surface area contributed by atoms with E-state index in [2.05, 4.69) is 64.8 Å². The first-order valence-electron chi connectivity index (χ1n) is 12.6. The van der Waals surface area contributed by atoms with E-state index in [1.165, 1.54) is 5.56 Å². The Labute approximate surface area is 211 Å². The number of hydrogen-bond donors (Lipinski definition) is 1. The van der Waals surface area contributed by atoms with Crippen molar-refractivity contribution >= 4 is 27.9 Å². The minimum Gasteiger partial charge on any atom is -0.352 e. The van der Waals surface area contributed by atoms with Crippen molar-refractivity contribution in [1.29, 1.82) is 0 Å². The van der Waals surface area contributed by atoms with Crippen molar-refractivity contribution < 1.29 is 0 Å². The van der Waals surface area contributed by atoms with Crippen molar-refractivity contribution in [1.82, 2.24) is 29.8 Å². The minimum absolute atomic E-state index is 0.131. The van der Waals surface area contributed by atoms with Crippen LogP contribution >= 0.6 is 0 Å². The van der Waals surface area contributed by atoms with Crippen LogP contribution in [0.4, 0.5) is 5.82 Å². The maximum Gasteiger partial charge on any atom is 0.156 e. The van der Waals surface area contributed by atoms with Crippen molar-refractivity contribution in [3.63, 3.8) is 0 Å². The Hall–Kier alpha value is -3.84. The average molecular weight is 478 g/mol. The summed E-state index contributed by atoms with van der Waals surface area (Å²) in [4.78, 5) is 27.3. The number of aromatic nitrogens is 5. The molecule has 36 heavy (non-hydrogen) atoms. The normalized spacial score (nSPS) is 15.1. The van der Waals surface area contributed by atoms with Crippen molar-refractivity contribution in [2.24, 2.45) is 0 Å². The van der Waals surface area contributed by atoms with Crippen LogP contribution in [-0.4, -0.2) is 56.0 Å². The molecule has 0 saturated carbocycles. The highest BCUT2D eigenvalue weighted by atomic mass is 15.3. The van der Waals surface area contributed by atoms with Gasteiger partial charge in [-0.15, -0.1) is 0 Å². The lowest BCUT2D eigenvalue weighted by molar-refractivity contribution is 0.246. The van der Waals surface area contributed by atoms with Crippen LogP contribution in [0.2, 0.25) is 0 Å². The standard InChI is InChI=1S/C29H31N7/c1-29(2,3)21-10-8-20(9-11-21)27-33-25-12-13-30-28(26(25)34-27)36-16-14-35(15-17-36)19-22-18-31-23-6-4-5-7-24(23)32-22/h4-13,18H,14-17,19H2,1-3H3,(H,33,34). The summed E-state index contributed by atoms with van der Waals surface area (Å²) in [5, 5.41) is 0. The first-order chi connectivity index (χ1) is 17.4. The van der Waals surface area contributed by atoms with Crippen molar-refractivity contribution in [2.45, 2.75) is 32.7 Å². The van der Waals surface area contributed by atoms with Gasteiger partial charge in [0, 0.05) is 44.5 Å². The third-order valence-corrected chi connectivity index (χ3v) is 6.96. The van der Waals surface area contributed by atoms with Crippen LogP contribution in [0, 0.1) is 0 Å². The second-order valence-corrected chi connectivity index (χ2v) is 10.6. The van der Waals surface area contributed by atoms with Gasteiger partial charge in [0.2, 0.25) is 0 Å². The van der Waals surface area contributed by atoms with Crippen molar-refractivity contribution in [3.05, 3.63) is 78.2 Å². The van der Waals surface area contributed by atoms with E-state index in [-0.39, 0.29) is 5.41 Å². The van der Waals surface area contributed by atoms with Gasteiger partial charge in [0.05, 0.1) is 28.4 Å². The Balaban J connectivity index is 1.17. The number of aromatic amines is 1. The summed E-state index contributed by atoms with van der Waals surface area (Å²) in [6.45, 7) is 11.2. The van der Waals surface area contributed by atoms with Gasteiger partial charge in [0.15, 0.2) is 5.82 Å². The zero-order valence-corrected chi connectivity index (χ0v) is 21.1. The fourth-order valence-electron chi connectivity index (χ4n) is 4.84. The number of para-hydroxylation sites is 2. The highest BCUT2D eigenvalue weighted by Gasteiger charge is 2.22. The Morgan fingerprint density at radius 3 is 2.33 bits per heavy atom. The summed E-state index contributed by atoms with van der Waals surface area (Å²) in [6, 6.07) is 18.7. The van der Waals surface area contributed by atoms with Gasteiger partial charge in [-0.2, -0.15) is 0 Å². The van der Waals surface area contributed by atoms with E-state index in [0.717, 1.165) is 77.7 Å². The lowest BCUT2D eigenvalue weighted by Gasteiger charge is -2.35. The van der Waals surface area contributed by atoms with Crippen LogP contribution in [0.25, 0.3) is 33.5 Å². The number of benzene rings is 2. The summed E-state index contributed by atoms with van der Waals surface area (Å²) < 4.78 is 0.